The van der Waals surface area contributed by atoms with Gasteiger partial charge in [0.15, 0.2) is 5.69 Å². The molecule has 34 heavy (non-hydrogen) atoms. The van der Waals surface area contributed by atoms with Gasteiger partial charge in [0.1, 0.15) is 5.82 Å². The van der Waals surface area contributed by atoms with Gasteiger partial charge in [0.25, 0.3) is 11.8 Å². The Hall–Kier alpha value is -2.91. The van der Waals surface area contributed by atoms with Crippen LogP contribution in [0.1, 0.15) is 40.1 Å². The number of nitrogens with one attached hydrogen (secondary N) is 2. The molecule has 1 aliphatic rings. The Bertz CT molecular complexity index is 1160. The molecule has 0 aliphatic carbocycles. The second kappa shape index (κ2) is 11.0. The minimum absolute atomic E-state index is 0.226. The minimum atomic E-state index is -0.376. The van der Waals surface area contributed by atoms with Crippen molar-refractivity contribution in [2.75, 3.05) is 29.9 Å². The van der Waals surface area contributed by atoms with Crippen molar-refractivity contribution in [1.29, 1.82) is 0 Å². The first-order valence-corrected chi connectivity index (χ1v) is 12.3. The van der Waals surface area contributed by atoms with E-state index in [0.717, 1.165) is 32.4 Å². The number of amides is 2. The molecular weight excluding hydrogens is 520 g/mol. The van der Waals surface area contributed by atoms with Gasteiger partial charge >= 0.3 is 0 Å². The number of aryl methyl sites for hydroxylation is 1. The topological polar surface area (TPSA) is 92.2 Å². The van der Waals surface area contributed by atoms with Gasteiger partial charge in [-0.2, -0.15) is 5.10 Å². The number of hydrogen-bond donors (Lipinski definition) is 2. The standard InChI is InChI=1S/C24H26BrClN6O2/c1-31-22(29-23(33)18-4-2-3-5-19(18)26)20(25)21(30-31)24(34)28-13-6-16-9-14-32(15-10-16)17-7-11-27-12-8-17/h2-5,7-8,11-12,16H,6,9-10,13-15H2,1H3,(H,28,34)(H,29,33). The van der Waals surface area contributed by atoms with Crippen LogP contribution in [-0.2, 0) is 7.05 Å². The molecule has 8 nitrogen and oxygen atoms in total. The first-order valence-electron chi connectivity index (χ1n) is 11.2. The lowest BCUT2D eigenvalue weighted by molar-refractivity contribution is 0.0943. The second-order valence-electron chi connectivity index (χ2n) is 8.25. The van der Waals surface area contributed by atoms with Crippen LogP contribution in [0.5, 0.6) is 0 Å². The fraction of sp³-hybridized carbons (Fsp3) is 0.333. The number of carbonyl (C=O) groups is 2. The predicted octanol–water partition coefficient (Wildman–Crippen LogP) is 4.52. The van der Waals surface area contributed by atoms with Crippen LogP contribution in [0.3, 0.4) is 0 Å². The van der Waals surface area contributed by atoms with Crippen LogP contribution in [0.2, 0.25) is 5.02 Å². The number of benzene rings is 1. The Balaban J connectivity index is 1.28. The van der Waals surface area contributed by atoms with Gasteiger partial charge in [0.2, 0.25) is 0 Å². The summed E-state index contributed by atoms with van der Waals surface area (Å²) in [6, 6.07) is 10.9. The fourth-order valence-corrected chi connectivity index (χ4v) is 4.94. The van der Waals surface area contributed by atoms with Gasteiger partial charge in [-0.1, -0.05) is 23.7 Å². The second-order valence-corrected chi connectivity index (χ2v) is 9.45. The molecule has 178 valence electrons. The number of aromatic nitrogens is 3. The van der Waals surface area contributed by atoms with Crippen LogP contribution in [0.4, 0.5) is 11.5 Å². The minimum Gasteiger partial charge on any atom is -0.371 e. The van der Waals surface area contributed by atoms with Crippen LogP contribution in [-0.4, -0.2) is 46.2 Å². The van der Waals surface area contributed by atoms with Gasteiger partial charge < -0.3 is 15.5 Å². The third-order valence-corrected chi connectivity index (χ3v) is 7.12. The third-order valence-electron chi connectivity index (χ3n) is 6.04. The Morgan fingerprint density at radius 3 is 2.53 bits per heavy atom. The molecule has 10 heteroatoms. The molecule has 0 spiro atoms. The molecule has 0 unspecified atom stereocenters. The highest BCUT2D eigenvalue weighted by atomic mass is 79.9. The summed E-state index contributed by atoms with van der Waals surface area (Å²) in [5, 5.41) is 10.4. The molecule has 1 fully saturated rings. The summed E-state index contributed by atoms with van der Waals surface area (Å²) in [5.74, 6) is 0.295. The predicted molar refractivity (Wildman–Crippen MR) is 136 cm³/mol. The first-order chi connectivity index (χ1) is 16.4. The van der Waals surface area contributed by atoms with E-state index in [9.17, 15) is 9.59 Å². The smallest absolute Gasteiger partial charge is 0.273 e. The summed E-state index contributed by atoms with van der Waals surface area (Å²) < 4.78 is 1.89. The van der Waals surface area contributed by atoms with E-state index in [-0.39, 0.29) is 17.5 Å². The van der Waals surface area contributed by atoms with Crippen molar-refractivity contribution in [2.24, 2.45) is 13.0 Å². The van der Waals surface area contributed by atoms with Crippen molar-refractivity contribution in [3.63, 3.8) is 0 Å². The maximum absolute atomic E-state index is 12.8. The number of pyridine rings is 1. The lowest BCUT2D eigenvalue weighted by Gasteiger charge is -2.33. The van der Waals surface area contributed by atoms with Gasteiger partial charge in [0.05, 0.1) is 15.1 Å². The quantitative estimate of drug-likeness (QED) is 0.455. The fourth-order valence-electron chi connectivity index (χ4n) is 4.11. The lowest BCUT2D eigenvalue weighted by atomic mass is 9.93. The molecular formula is C24H26BrClN6O2. The van der Waals surface area contributed by atoms with E-state index in [2.05, 4.69) is 41.5 Å². The van der Waals surface area contributed by atoms with E-state index in [1.807, 2.05) is 24.5 Å². The number of anilines is 2. The normalized spacial score (nSPS) is 14.1. The van der Waals surface area contributed by atoms with Crippen molar-refractivity contribution >= 4 is 50.9 Å². The Kier molecular flexibility index (Phi) is 7.84. The van der Waals surface area contributed by atoms with Crippen molar-refractivity contribution in [3.05, 3.63) is 69.5 Å². The van der Waals surface area contributed by atoms with E-state index in [0.29, 0.717) is 33.3 Å². The largest absolute Gasteiger partial charge is 0.371 e. The molecule has 2 amide bonds. The van der Waals surface area contributed by atoms with Crippen LogP contribution >= 0.6 is 27.5 Å². The highest BCUT2D eigenvalue weighted by molar-refractivity contribution is 9.10. The zero-order valence-corrected chi connectivity index (χ0v) is 21.1. The highest BCUT2D eigenvalue weighted by Gasteiger charge is 2.23. The molecule has 2 aromatic heterocycles. The van der Waals surface area contributed by atoms with Gasteiger partial charge in [-0.15, -0.1) is 0 Å². The third kappa shape index (κ3) is 5.59. The number of halogens is 2. The average Bonchev–Trinajstić information content (AvgIpc) is 3.13. The molecule has 0 radical (unpaired) electrons. The highest BCUT2D eigenvalue weighted by Crippen LogP contribution is 2.28. The van der Waals surface area contributed by atoms with E-state index in [4.69, 9.17) is 11.6 Å². The molecule has 3 aromatic rings. The van der Waals surface area contributed by atoms with Gasteiger partial charge in [0, 0.05) is 44.8 Å². The molecule has 1 aromatic carbocycles. The summed E-state index contributed by atoms with van der Waals surface area (Å²) in [5.41, 5.74) is 1.78. The number of piperidine rings is 1. The number of carbonyl (C=O) groups excluding carboxylic acids is 2. The average molecular weight is 546 g/mol. The maximum atomic E-state index is 12.8. The molecule has 1 aliphatic heterocycles. The summed E-state index contributed by atoms with van der Waals surface area (Å²) >= 11 is 9.53. The molecule has 1 saturated heterocycles. The van der Waals surface area contributed by atoms with Gasteiger partial charge in [-0.05, 0) is 65.4 Å². The molecule has 0 bridgehead atoms. The van der Waals surface area contributed by atoms with Crippen LogP contribution < -0.4 is 15.5 Å². The van der Waals surface area contributed by atoms with Crippen molar-refractivity contribution < 1.29 is 9.59 Å². The Labute approximate surface area is 211 Å². The molecule has 2 N–H and O–H groups in total. The molecule has 0 saturated carbocycles. The summed E-state index contributed by atoms with van der Waals surface area (Å²) in [6.07, 6.45) is 6.73. The van der Waals surface area contributed by atoms with E-state index in [1.165, 1.54) is 10.4 Å². The number of rotatable bonds is 7. The summed E-state index contributed by atoms with van der Waals surface area (Å²) in [6.45, 7) is 2.58. The van der Waals surface area contributed by atoms with E-state index in [1.54, 1.807) is 31.3 Å². The SMILES string of the molecule is Cn1nc(C(=O)NCCC2CCN(c3ccncc3)CC2)c(Br)c1NC(=O)c1ccccc1Cl. The van der Waals surface area contributed by atoms with Crippen LogP contribution in [0.25, 0.3) is 0 Å². The Morgan fingerprint density at radius 2 is 1.82 bits per heavy atom. The van der Waals surface area contributed by atoms with Crippen LogP contribution in [0.15, 0.2) is 53.3 Å². The van der Waals surface area contributed by atoms with Crippen molar-refractivity contribution in [3.8, 4) is 0 Å². The first kappa shape index (κ1) is 24.2. The number of nitrogens with zero attached hydrogens (tertiary/aromatic N) is 4. The maximum Gasteiger partial charge on any atom is 0.273 e. The molecule has 0 atom stereocenters. The lowest BCUT2D eigenvalue weighted by Crippen LogP contribution is -2.35. The van der Waals surface area contributed by atoms with E-state index >= 15 is 0 Å². The zero-order chi connectivity index (χ0) is 24.1. The van der Waals surface area contributed by atoms with E-state index < -0.39 is 0 Å². The van der Waals surface area contributed by atoms with Crippen LogP contribution in [0, 0.1) is 5.92 Å². The Morgan fingerprint density at radius 1 is 1.12 bits per heavy atom. The van der Waals surface area contributed by atoms with Gasteiger partial charge in [-0.3, -0.25) is 19.3 Å². The monoisotopic (exact) mass is 544 g/mol. The zero-order valence-electron chi connectivity index (χ0n) is 18.8. The van der Waals surface area contributed by atoms with Crippen molar-refractivity contribution in [2.45, 2.75) is 19.3 Å². The summed E-state index contributed by atoms with van der Waals surface area (Å²) in [4.78, 5) is 31.8. The molecule has 4 rings (SSSR count). The summed E-state index contributed by atoms with van der Waals surface area (Å²) in [7, 11) is 1.67. The number of hydrogen-bond acceptors (Lipinski definition) is 5. The van der Waals surface area contributed by atoms with Crippen molar-refractivity contribution in [1.82, 2.24) is 20.1 Å². The molecule has 3 heterocycles. The van der Waals surface area contributed by atoms with Gasteiger partial charge in [-0.25, -0.2) is 0 Å².